The molecular weight excluding hydrogens is 380 g/mol. The van der Waals surface area contributed by atoms with E-state index >= 15 is 0 Å². The first-order chi connectivity index (χ1) is 13.5. The van der Waals surface area contributed by atoms with Crippen molar-refractivity contribution in [2.75, 3.05) is 7.11 Å². The Morgan fingerprint density at radius 2 is 1.96 bits per heavy atom. The third-order valence-electron chi connectivity index (χ3n) is 4.36. The van der Waals surface area contributed by atoms with Crippen LogP contribution >= 0.6 is 11.6 Å². The van der Waals surface area contributed by atoms with Crippen molar-refractivity contribution in [3.8, 4) is 17.2 Å². The fraction of sp³-hybridized carbons (Fsp3) is 0.238. The summed E-state index contributed by atoms with van der Waals surface area (Å²) in [5, 5.41) is 14.7. The van der Waals surface area contributed by atoms with Gasteiger partial charge in [-0.2, -0.15) is 5.10 Å². The molecule has 0 aliphatic heterocycles. The Kier molecular flexibility index (Phi) is 6.21. The predicted molar refractivity (Wildman–Crippen MR) is 106 cm³/mol. The lowest BCUT2D eigenvalue weighted by Gasteiger charge is -2.07. The predicted octanol–water partition coefficient (Wildman–Crippen LogP) is 4.22. The zero-order chi connectivity index (χ0) is 20.1. The van der Waals surface area contributed by atoms with Gasteiger partial charge in [-0.1, -0.05) is 35.9 Å². The molecule has 2 aromatic carbocycles. The number of methoxy groups -OCH3 is 1. The largest absolute Gasteiger partial charge is 0.504 e. The molecule has 6 nitrogen and oxygen atoms in total. The highest BCUT2D eigenvalue weighted by atomic mass is 35.5. The van der Waals surface area contributed by atoms with Gasteiger partial charge in [0.15, 0.2) is 11.5 Å². The standard InChI is InChI=1S/C21H21ClN2O4/c1-14-17(21(22)24(23-14)16-6-4-3-5-7-16)13-28-20(26)11-9-15-8-10-19(27-2)18(25)12-15/h3-8,10,12,25H,9,11,13H2,1-2H3. The van der Waals surface area contributed by atoms with E-state index < -0.39 is 0 Å². The van der Waals surface area contributed by atoms with Crippen LogP contribution in [0.3, 0.4) is 0 Å². The van der Waals surface area contributed by atoms with Gasteiger partial charge in [-0.05, 0) is 43.2 Å². The summed E-state index contributed by atoms with van der Waals surface area (Å²) in [6.07, 6.45) is 0.641. The van der Waals surface area contributed by atoms with Crippen LogP contribution in [0.25, 0.3) is 5.69 Å². The van der Waals surface area contributed by atoms with Gasteiger partial charge >= 0.3 is 5.97 Å². The normalized spacial score (nSPS) is 10.7. The fourth-order valence-electron chi connectivity index (χ4n) is 2.80. The molecule has 0 bridgehead atoms. The van der Waals surface area contributed by atoms with Gasteiger partial charge in [-0.25, -0.2) is 4.68 Å². The minimum atomic E-state index is -0.349. The van der Waals surface area contributed by atoms with Crippen molar-refractivity contribution in [1.82, 2.24) is 9.78 Å². The highest BCUT2D eigenvalue weighted by Crippen LogP contribution is 2.27. The number of ether oxygens (including phenoxy) is 2. The van der Waals surface area contributed by atoms with Crippen LogP contribution in [-0.4, -0.2) is 28.0 Å². The van der Waals surface area contributed by atoms with E-state index in [9.17, 15) is 9.90 Å². The average Bonchev–Trinajstić information content (AvgIpc) is 2.99. The maximum Gasteiger partial charge on any atom is 0.306 e. The summed E-state index contributed by atoms with van der Waals surface area (Å²) in [6.45, 7) is 1.89. The number of phenols is 1. The minimum absolute atomic E-state index is 0.0455. The molecule has 3 aromatic rings. The van der Waals surface area contributed by atoms with Crippen LogP contribution in [0.1, 0.15) is 23.2 Å². The second-order valence-corrected chi connectivity index (χ2v) is 6.63. The topological polar surface area (TPSA) is 73.6 Å². The van der Waals surface area contributed by atoms with E-state index in [1.807, 2.05) is 37.3 Å². The molecule has 1 heterocycles. The van der Waals surface area contributed by atoms with E-state index in [0.717, 1.165) is 11.3 Å². The number of phenolic OH excluding ortho intramolecular Hbond substituents is 1. The number of carbonyl (C=O) groups excluding carboxylic acids is 1. The van der Waals surface area contributed by atoms with Crippen molar-refractivity contribution in [3.05, 3.63) is 70.5 Å². The number of aromatic hydroxyl groups is 1. The molecule has 0 unspecified atom stereocenters. The van der Waals surface area contributed by atoms with Gasteiger partial charge in [0, 0.05) is 12.0 Å². The third kappa shape index (κ3) is 4.46. The highest BCUT2D eigenvalue weighted by molar-refractivity contribution is 6.30. The van der Waals surface area contributed by atoms with Gasteiger partial charge in [-0.15, -0.1) is 0 Å². The van der Waals surface area contributed by atoms with Crippen molar-refractivity contribution in [2.24, 2.45) is 0 Å². The maximum atomic E-state index is 12.1. The quantitative estimate of drug-likeness (QED) is 0.601. The molecule has 1 N–H and O–H groups in total. The van der Waals surface area contributed by atoms with E-state index in [1.165, 1.54) is 7.11 Å². The second-order valence-electron chi connectivity index (χ2n) is 6.27. The first kappa shape index (κ1) is 19.8. The lowest BCUT2D eigenvalue weighted by atomic mass is 10.1. The highest BCUT2D eigenvalue weighted by Gasteiger charge is 2.16. The number of hydrogen-bond acceptors (Lipinski definition) is 5. The Bertz CT molecular complexity index is 970. The number of benzene rings is 2. The summed E-state index contributed by atoms with van der Waals surface area (Å²) in [7, 11) is 1.49. The van der Waals surface area contributed by atoms with Crippen LogP contribution in [0.4, 0.5) is 0 Å². The van der Waals surface area contributed by atoms with Gasteiger partial charge in [0.1, 0.15) is 11.8 Å². The summed E-state index contributed by atoms with van der Waals surface area (Å²) in [6, 6.07) is 14.6. The minimum Gasteiger partial charge on any atom is -0.504 e. The number of rotatable bonds is 7. The van der Waals surface area contributed by atoms with Crippen LogP contribution in [0.2, 0.25) is 5.15 Å². The zero-order valence-corrected chi connectivity index (χ0v) is 16.4. The molecule has 0 atom stereocenters. The van der Waals surface area contributed by atoms with Gasteiger partial charge < -0.3 is 14.6 Å². The number of carbonyl (C=O) groups is 1. The van der Waals surface area contributed by atoms with Crippen molar-refractivity contribution in [2.45, 2.75) is 26.4 Å². The molecule has 3 rings (SSSR count). The number of halogens is 1. The second kappa shape index (κ2) is 8.80. The van der Waals surface area contributed by atoms with Crippen molar-refractivity contribution in [1.29, 1.82) is 0 Å². The summed E-state index contributed by atoms with van der Waals surface area (Å²) in [5.41, 5.74) is 3.05. The van der Waals surface area contributed by atoms with Crippen LogP contribution < -0.4 is 4.74 Å². The average molecular weight is 401 g/mol. The Hall–Kier alpha value is -2.99. The van der Waals surface area contributed by atoms with E-state index in [2.05, 4.69) is 5.10 Å². The van der Waals surface area contributed by atoms with Gasteiger partial charge in [0.05, 0.1) is 18.5 Å². The number of hydrogen-bond donors (Lipinski definition) is 1. The first-order valence-corrected chi connectivity index (χ1v) is 9.18. The van der Waals surface area contributed by atoms with E-state index in [-0.39, 0.29) is 24.7 Å². The Labute approximate surface area is 168 Å². The van der Waals surface area contributed by atoms with Crippen LogP contribution in [0.5, 0.6) is 11.5 Å². The van der Waals surface area contributed by atoms with Crippen LogP contribution in [0, 0.1) is 6.92 Å². The van der Waals surface area contributed by atoms with Gasteiger partial charge in [-0.3, -0.25) is 4.79 Å². The molecule has 0 amide bonds. The third-order valence-corrected chi connectivity index (χ3v) is 4.75. The van der Waals surface area contributed by atoms with Crippen molar-refractivity contribution < 1.29 is 19.4 Å². The summed E-state index contributed by atoms with van der Waals surface area (Å²) in [4.78, 5) is 12.1. The monoisotopic (exact) mass is 400 g/mol. The molecule has 0 saturated heterocycles. The van der Waals surface area contributed by atoms with Crippen molar-refractivity contribution >= 4 is 17.6 Å². The van der Waals surface area contributed by atoms with E-state index in [1.54, 1.807) is 22.9 Å². The molecule has 0 spiro atoms. The van der Waals surface area contributed by atoms with Gasteiger partial charge in [0.2, 0.25) is 0 Å². The summed E-state index contributed by atoms with van der Waals surface area (Å²) >= 11 is 6.44. The molecule has 1 aromatic heterocycles. The number of esters is 1. The lowest BCUT2D eigenvalue weighted by Crippen LogP contribution is -2.06. The number of nitrogens with zero attached hydrogens (tertiary/aromatic N) is 2. The van der Waals surface area contributed by atoms with Gasteiger partial charge in [0.25, 0.3) is 0 Å². The maximum absolute atomic E-state index is 12.1. The van der Waals surface area contributed by atoms with Crippen LogP contribution in [0.15, 0.2) is 48.5 Å². The molecule has 28 heavy (non-hydrogen) atoms. The molecule has 0 aliphatic carbocycles. The molecular formula is C21H21ClN2O4. The molecule has 0 fully saturated rings. The molecule has 146 valence electrons. The molecule has 7 heteroatoms. The zero-order valence-electron chi connectivity index (χ0n) is 15.7. The molecule has 0 saturated carbocycles. The Morgan fingerprint density at radius 1 is 1.21 bits per heavy atom. The summed E-state index contributed by atoms with van der Waals surface area (Å²) in [5.74, 6) is 0.0919. The summed E-state index contributed by atoms with van der Waals surface area (Å²) < 4.78 is 12.0. The van der Waals surface area contributed by atoms with E-state index in [0.29, 0.717) is 28.6 Å². The van der Waals surface area contributed by atoms with Crippen LogP contribution in [-0.2, 0) is 22.6 Å². The Balaban J connectivity index is 1.59. The molecule has 0 aliphatic rings. The van der Waals surface area contributed by atoms with Crippen molar-refractivity contribution in [3.63, 3.8) is 0 Å². The van der Waals surface area contributed by atoms with E-state index in [4.69, 9.17) is 21.1 Å². The molecule has 0 radical (unpaired) electrons. The Morgan fingerprint density at radius 3 is 2.64 bits per heavy atom. The number of aryl methyl sites for hydroxylation is 2. The fourth-order valence-corrected chi connectivity index (χ4v) is 3.12. The SMILES string of the molecule is COc1ccc(CCC(=O)OCc2c(C)nn(-c3ccccc3)c2Cl)cc1O. The number of aromatic nitrogens is 2. The number of para-hydroxylation sites is 1. The first-order valence-electron chi connectivity index (χ1n) is 8.80. The lowest BCUT2D eigenvalue weighted by molar-refractivity contribution is -0.144. The smallest absolute Gasteiger partial charge is 0.306 e.